The van der Waals surface area contributed by atoms with E-state index in [2.05, 4.69) is 42.0 Å². The van der Waals surface area contributed by atoms with Crippen molar-refractivity contribution in [2.24, 2.45) is 0 Å². The summed E-state index contributed by atoms with van der Waals surface area (Å²) < 4.78 is 2.40. The molecule has 0 amide bonds. The van der Waals surface area contributed by atoms with E-state index in [9.17, 15) is 0 Å². The molecule has 0 saturated carbocycles. The van der Waals surface area contributed by atoms with Crippen LogP contribution in [0.4, 0.5) is 0 Å². The number of quaternary nitrogens is 2. The van der Waals surface area contributed by atoms with Crippen molar-refractivity contribution in [1.82, 2.24) is 0 Å². The molecule has 0 fully saturated rings. The van der Waals surface area contributed by atoms with Gasteiger partial charge in [-0.2, -0.15) is 0 Å². The Morgan fingerprint density at radius 1 is 0.500 bits per heavy atom. The van der Waals surface area contributed by atoms with E-state index in [0.29, 0.717) is 0 Å². The predicted molar refractivity (Wildman–Crippen MR) is 82.7 cm³/mol. The summed E-state index contributed by atoms with van der Waals surface area (Å²) in [5.74, 6) is 0. The van der Waals surface area contributed by atoms with Crippen molar-refractivity contribution in [3.63, 3.8) is 0 Å². The van der Waals surface area contributed by atoms with Crippen LogP contribution in [0.3, 0.4) is 0 Å². The van der Waals surface area contributed by atoms with E-state index in [1.165, 1.54) is 73.7 Å². The van der Waals surface area contributed by atoms with Gasteiger partial charge in [0.2, 0.25) is 0 Å². The summed E-state index contributed by atoms with van der Waals surface area (Å²) in [6.45, 7) is 9.91. The summed E-state index contributed by atoms with van der Waals surface area (Å²) >= 11 is 0. The summed E-state index contributed by atoms with van der Waals surface area (Å²) in [7, 11) is 9.46. The first kappa shape index (κ1) is 26.3. The molecular formula is C16H38I2N2. The molecule has 0 spiro atoms. The molecule has 0 saturated heterocycles. The van der Waals surface area contributed by atoms with E-state index in [1.54, 1.807) is 0 Å². The Morgan fingerprint density at radius 2 is 0.800 bits per heavy atom. The summed E-state index contributed by atoms with van der Waals surface area (Å²) in [6, 6.07) is 0. The highest BCUT2D eigenvalue weighted by molar-refractivity contribution is 4.44. The maximum atomic E-state index is 2.37. The largest absolute Gasteiger partial charge is 1.00 e. The van der Waals surface area contributed by atoms with Crippen LogP contribution in [0, 0.1) is 0 Å². The molecule has 0 unspecified atom stereocenters. The second-order valence-electron chi connectivity index (χ2n) is 7.18. The van der Waals surface area contributed by atoms with Crippen LogP contribution >= 0.6 is 0 Å². The van der Waals surface area contributed by atoms with Crippen molar-refractivity contribution in [2.75, 3.05) is 54.4 Å². The van der Waals surface area contributed by atoms with Crippen LogP contribution in [-0.2, 0) is 0 Å². The van der Waals surface area contributed by atoms with Gasteiger partial charge < -0.3 is 56.9 Å². The van der Waals surface area contributed by atoms with Gasteiger partial charge in [-0.3, -0.25) is 0 Å². The molecule has 0 atom stereocenters. The minimum Gasteiger partial charge on any atom is -1.00 e. The number of unbranched alkanes of at least 4 members (excludes halogenated alkanes) is 3. The second-order valence-corrected chi connectivity index (χ2v) is 7.18. The summed E-state index contributed by atoms with van der Waals surface area (Å²) in [6.07, 6.45) is 8.23. The molecule has 0 aromatic carbocycles. The van der Waals surface area contributed by atoms with Gasteiger partial charge in [0.1, 0.15) is 0 Å². The lowest BCUT2D eigenvalue weighted by molar-refractivity contribution is -0.891. The Labute approximate surface area is 162 Å². The molecule has 20 heavy (non-hydrogen) atoms. The molecule has 0 rings (SSSR count). The van der Waals surface area contributed by atoms with Gasteiger partial charge in [0.25, 0.3) is 0 Å². The van der Waals surface area contributed by atoms with E-state index in [-0.39, 0.29) is 48.0 Å². The van der Waals surface area contributed by atoms with E-state index >= 15 is 0 Å². The first-order valence-electron chi connectivity index (χ1n) is 7.97. The Bertz CT molecular complexity index is 185. The molecule has 4 heteroatoms. The SMILES string of the molecule is CCC[N+](C)(C)CCCCCC[N+](C)(C)CCC.[I-].[I-]. The van der Waals surface area contributed by atoms with Gasteiger partial charge in [-0.05, 0) is 38.5 Å². The zero-order chi connectivity index (χ0) is 14.1. The third-order valence-electron chi connectivity index (χ3n) is 3.93. The Hall–Kier alpha value is 1.38. The molecule has 0 aromatic rings. The smallest absolute Gasteiger partial charge is 0.0782 e. The lowest BCUT2D eigenvalue weighted by atomic mass is 10.1. The molecule has 126 valence electrons. The zero-order valence-corrected chi connectivity index (χ0v) is 19.0. The van der Waals surface area contributed by atoms with Crippen LogP contribution in [0.2, 0.25) is 0 Å². The molecule has 0 radical (unpaired) electrons. The van der Waals surface area contributed by atoms with Gasteiger partial charge in [-0.1, -0.05) is 13.8 Å². The van der Waals surface area contributed by atoms with Crippen molar-refractivity contribution in [3.05, 3.63) is 0 Å². The first-order valence-corrected chi connectivity index (χ1v) is 7.97. The highest BCUT2D eigenvalue weighted by Crippen LogP contribution is 2.09. The molecular weight excluding hydrogens is 474 g/mol. The zero-order valence-electron chi connectivity index (χ0n) is 14.7. The molecule has 0 N–H and O–H groups in total. The van der Waals surface area contributed by atoms with E-state index in [1.807, 2.05) is 0 Å². The third-order valence-corrected chi connectivity index (χ3v) is 3.93. The van der Waals surface area contributed by atoms with Gasteiger partial charge in [-0.15, -0.1) is 0 Å². The lowest BCUT2D eigenvalue weighted by Gasteiger charge is -2.30. The summed E-state index contributed by atoms with van der Waals surface area (Å²) in [5, 5.41) is 0. The summed E-state index contributed by atoms with van der Waals surface area (Å²) in [4.78, 5) is 0. The van der Waals surface area contributed by atoms with E-state index in [4.69, 9.17) is 0 Å². The second kappa shape index (κ2) is 14.0. The van der Waals surface area contributed by atoms with Crippen LogP contribution < -0.4 is 48.0 Å². The highest BCUT2D eigenvalue weighted by Gasteiger charge is 2.14. The lowest BCUT2D eigenvalue weighted by Crippen LogP contribution is -3.00. The topological polar surface area (TPSA) is 0 Å². The molecule has 2 nitrogen and oxygen atoms in total. The normalized spacial score (nSPS) is 11.7. The minimum atomic E-state index is 0. The highest BCUT2D eigenvalue weighted by atomic mass is 127. The fraction of sp³-hybridized carbons (Fsp3) is 1.00. The van der Waals surface area contributed by atoms with Gasteiger partial charge >= 0.3 is 0 Å². The maximum Gasteiger partial charge on any atom is 0.0782 e. The third kappa shape index (κ3) is 15.8. The van der Waals surface area contributed by atoms with Gasteiger partial charge in [0, 0.05) is 0 Å². The average Bonchev–Trinajstić information content (AvgIpc) is 2.22. The predicted octanol–water partition coefficient (Wildman–Crippen LogP) is -2.47. The maximum absolute atomic E-state index is 2.37. The first-order chi connectivity index (χ1) is 8.33. The number of nitrogens with zero attached hydrogens (tertiary/aromatic N) is 2. The molecule has 0 aliphatic carbocycles. The van der Waals surface area contributed by atoms with E-state index in [0.717, 1.165) is 0 Å². The van der Waals surface area contributed by atoms with Crippen LogP contribution in [0.1, 0.15) is 52.4 Å². The molecule has 0 aliphatic rings. The van der Waals surface area contributed by atoms with E-state index < -0.39 is 0 Å². The van der Waals surface area contributed by atoms with Crippen LogP contribution in [0.15, 0.2) is 0 Å². The molecule has 0 aromatic heterocycles. The van der Waals surface area contributed by atoms with Crippen LogP contribution in [0.5, 0.6) is 0 Å². The van der Waals surface area contributed by atoms with Crippen molar-refractivity contribution in [1.29, 1.82) is 0 Å². The minimum absolute atomic E-state index is 0. The van der Waals surface area contributed by atoms with Crippen molar-refractivity contribution in [3.8, 4) is 0 Å². The Balaban J connectivity index is -0.00000144. The summed E-state index contributed by atoms with van der Waals surface area (Å²) in [5.41, 5.74) is 0. The number of halogens is 2. The van der Waals surface area contributed by atoms with Gasteiger partial charge in [0.15, 0.2) is 0 Å². The van der Waals surface area contributed by atoms with Crippen LogP contribution in [0.25, 0.3) is 0 Å². The Morgan fingerprint density at radius 3 is 1.05 bits per heavy atom. The quantitative estimate of drug-likeness (QED) is 0.164. The average molecular weight is 512 g/mol. The molecule has 0 bridgehead atoms. The van der Waals surface area contributed by atoms with Crippen molar-refractivity contribution >= 4 is 0 Å². The van der Waals surface area contributed by atoms with Gasteiger partial charge in [0.05, 0.1) is 54.4 Å². The van der Waals surface area contributed by atoms with Crippen molar-refractivity contribution < 1.29 is 56.9 Å². The molecule has 0 heterocycles. The standard InChI is InChI=1S/C16H38N2.2HI/c1-7-13-17(3,4)15-11-9-10-12-16-18(5,6)14-8-2;;/h7-16H2,1-6H3;2*1H/q+2;;/p-2. The molecule has 0 aliphatic heterocycles. The van der Waals surface area contributed by atoms with Crippen LogP contribution in [-0.4, -0.2) is 63.3 Å². The number of hydrogen-bond donors (Lipinski definition) is 0. The van der Waals surface area contributed by atoms with Crippen molar-refractivity contribution in [2.45, 2.75) is 52.4 Å². The monoisotopic (exact) mass is 512 g/mol. The fourth-order valence-corrected chi connectivity index (χ4v) is 2.87. The number of hydrogen-bond acceptors (Lipinski definition) is 0. The Kier molecular flexibility index (Phi) is 18.4. The number of rotatable bonds is 11. The fourth-order valence-electron chi connectivity index (χ4n) is 2.87. The van der Waals surface area contributed by atoms with Gasteiger partial charge in [-0.25, -0.2) is 0 Å².